The minimum atomic E-state index is -0.409. The fourth-order valence-corrected chi connectivity index (χ4v) is 4.53. The van der Waals surface area contributed by atoms with Crippen LogP contribution < -0.4 is 10.2 Å². The van der Waals surface area contributed by atoms with Crippen molar-refractivity contribution in [1.29, 1.82) is 0 Å². The Bertz CT molecular complexity index is 1010. The Balaban J connectivity index is 1.56. The number of anilines is 1. The topological polar surface area (TPSA) is 96.9 Å². The summed E-state index contributed by atoms with van der Waals surface area (Å²) in [7, 11) is 1.36. The Hall–Kier alpha value is -2.91. The first-order valence-corrected chi connectivity index (χ1v) is 11.4. The molecule has 1 saturated heterocycles. The number of nitrogens with zero attached hydrogens (tertiary/aromatic N) is 4. The summed E-state index contributed by atoms with van der Waals surface area (Å²) in [5, 5.41) is 3.47. The quantitative estimate of drug-likeness (QED) is 0.522. The molecule has 1 aromatic heterocycles. The summed E-state index contributed by atoms with van der Waals surface area (Å²) in [5.41, 5.74) is 2.81. The molecule has 0 aliphatic carbocycles. The van der Waals surface area contributed by atoms with Gasteiger partial charge in [-0.2, -0.15) is 0 Å². The van der Waals surface area contributed by atoms with E-state index >= 15 is 0 Å². The maximum atomic E-state index is 12.9. The summed E-state index contributed by atoms with van der Waals surface area (Å²) < 4.78 is 10.5. The Morgan fingerprint density at radius 3 is 2.76 bits per heavy atom. The summed E-state index contributed by atoms with van der Waals surface area (Å²) in [6, 6.07) is 9.05. The van der Waals surface area contributed by atoms with Gasteiger partial charge in [0.15, 0.2) is 0 Å². The van der Waals surface area contributed by atoms with Gasteiger partial charge in [0.05, 0.1) is 25.3 Å². The predicted molar refractivity (Wildman–Crippen MR) is 123 cm³/mol. The summed E-state index contributed by atoms with van der Waals surface area (Å²) in [6.07, 6.45) is 0.466. The van der Waals surface area contributed by atoms with Gasteiger partial charge < -0.3 is 24.6 Å². The van der Waals surface area contributed by atoms with Crippen molar-refractivity contribution in [2.24, 2.45) is 0 Å². The first-order chi connectivity index (χ1) is 16.0. The molecule has 33 heavy (non-hydrogen) atoms. The molecule has 2 unspecified atom stereocenters. The molecular formula is C23H28ClN5O4. The number of benzene rings is 1. The molecule has 0 radical (unpaired) electrons. The Morgan fingerprint density at radius 1 is 1.21 bits per heavy atom. The van der Waals surface area contributed by atoms with Gasteiger partial charge >= 0.3 is 12.1 Å². The van der Waals surface area contributed by atoms with E-state index in [4.69, 9.17) is 21.1 Å². The third-order valence-electron chi connectivity index (χ3n) is 6.07. The highest BCUT2D eigenvalue weighted by molar-refractivity contribution is 6.28. The summed E-state index contributed by atoms with van der Waals surface area (Å²) in [5.74, 6) is 0.373. The molecule has 9 nitrogen and oxygen atoms in total. The number of piperazine rings is 1. The Kier molecular flexibility index (Phi) is 7.29. The van der Waals surface area contributed by atoms with E-state index in [0.717, 1.165) is 35.6 Å². The van der Waals surface area contributed by atoms with Crippen molar-refractivity contribution >= 4 is 29.5 Å². The molecule has 2 aliphatic heterocycles. The molecule has 10 heteroatoms. The molecule has 176 valence electrons. The smallest absolute Gasteiger partial charge is 0.410 e. The molecule has 2 aliphatic rings. The lowest BCUT2D eigenvalue weighted by atomic mass is 10.0. The molecular weight excluding hydrogens is 446 g/mol. The first-order valence-electron chi connectivity index (χ1n) is 11.0. The number of hydrogen-bond donors (Lipinski definition) is 1. The number of ether oxygens (including phenoxy) is 2. The number of carbonyl (C=O) groups excluding carboxylic acids is 2. The van der Waals surface area contributed by atoms with Gasteiger partial charge in [-0.3, -0.25) is 4.79 Å². The molecule has 0 spiro atoms. The van der Waals surface area contributed by atoms with Crippen LogP contribution >= 0.6 is 11.6 Å². The van der Waals surface area contributed by atoms with Gasteiger partial charge in [0.25, 0.3) is 0 Å². The van der Waals surface area contributed by atoms with Gasteiger partial charge in [0, 0.05) is 31.2 Å². The second-order valence-corrected chi connectivity index (χ2v) is 8.63. The maximum absolute atomic E-state index is 12.9. The zero-order chi connectivity index (χ0) is 23.4. The molecule has 2 aromatic rings. The lowest BCUT2D eigenvalue weighted by Gasteiger charge is -2.45. The normalized spacial score (nSPS) is 20.2. The highest BCUT2D eigenvalue weighted by atomic mass is 35.5. The SMILES string of the molecule is COC(=O)CC1CN(C(=O)OCc2ccccc2)C(C)CN1c1nc(Cl)nc2c1CCNC2. The van der Waals surface area contributed by atoms with Crippen LogP contribution in [0.1, 0.15) is 30.2 Å². The second kappa shape index (κ2) is 10.4. The van der Waals surface area contributed by atoms with Crippen LogP contribution in [0, 0.1) is 0 Å². The van der Waals surface area contributed by atoms with Crippen LogP contribution in [0.5, 0.6) is 0 Å². The number of methoxy groups -OCH3 is 1. The lowest BCUT2D eigenvalue weighted by Crippen LogP contribution is -2.60. The monoisotopic (exact) mass is 473 g/mol. The van der Waals surface area contributed by atoms with E-state index < -0.39 is 6.09 Å². The van der Waals surface area contributed by atoms with Gasteiger partial charge in [-0.15, -0.1) is 0 Å². The van der Waals surface area contributed by atoms with Gasteiger partial charge in [0.1, 0.15) is 12.4 Å². The standard InChI is InChI=1S/C23H28ClN5O4/c1-15-12-29(21-18-8-9-25-11-19(18)26-22(24)27-21)17(10-20(30)32-2)13-28(15)23(31)33-14-16-6-4-3-5-7-16/h3-7,15,17,25H,8-14H2,1-2H3. The van der Waals surface area contributed by atoms with E-state index in [1.165, 1.54) is 7.11 Å². The fraction of sp³-hybridized carbons (Fsp3) is 0.478. The number of nitrogens with one attached hydrogen (secondary N) is 1. The maximum Gasteiger partial charge on any atom is 0.410 e. The number of amides is 1. The minimum Gasteiger partial charge on any atom is -0.469 e. The summed E-state index contributed by atoms with van der Waals surface area (Å²) in [4.78, 5) is 37.8. The third kappa shape index (κ3) is 5.36. The summed E-state index contributed by atoms with van der Waals surface area (Å²) >= 11 is 6.24. The zero-order valence-corrected chi connectivity index (χ0v) is 19.5. The van der Waals surface area contributed by atoms with Gasteiger partial charge in [-0.25, -0.2) is 14.8 Å². The van der Waals surface area contributed by atoms with E-state index in [1.54, 1.807) is 4.90 Å². The molecule has 0 saturated carbocycles. The molecule has 1 N–H and O–H groups in total. The average molecular weight is 474 g/mol. The van der Waals surface area contributed by atoms with Gasteiger partial charge in [-0.1, -0.05) is 30.3 Å². The van der Waals surface area contributed by atoms with E-state index in [-0.39, 0.29) is 36.4 Å². The largest absolute Gasteiger partial charge is 0.469 e. The van der Waals surface area contributed by atoms with Crippen molar-refractivity contribution in [1.82, 2.24) is 20.2 Å². The van der Waals surface area contributed by atoms with Gasteiger partial charge in [-0.05, 0) is 37.1 Å². The van der Waals surface area contributed by atoms with Crippen LogP contribution in [0.4, 0.5) is 10.6 Å². The summed E-state index contributed by atoms with van der Waals surface area (Å²) in [6.45, 7) is 4.37. The average Bonchev–Trinajstić information content (AvgIpc) is 2.83. The van der Waals surface area contributed by atoms with Crippen LogP contribution in [0.2, 0.25) is 5.28 Å². The van der Waals surface area contributed by atoms with Gasteiger partial charge in [0.2, 0.25) is 5.28 Å². The van der Waals surface area contributed by atoms with Crippen molar-refractivity contribution in [2.45, 2.75) is 45.0 Å². The number of carbonyl (C=O) groups is 2. The number of rotatable bonds is 5. The fourth-order valence-electron chi connectivity index (χ4n) is 4.35. The third-order valence-corrected chi connectivity index (χ3v) is 6.24. The first kappa shape index (κ1) is 23.3. The second-order valence-electron chi connectivity index (χ2n) is 8.30. The molecule has 2 atom stereocenters. The van der Waals surface area contributed by atoms with Crippen LogP contribution in [0.3, 0.4) is 0 Å². The van der Waals surface area contributed by atoms with Crippen molar-refractivity contribution in [3.05, 3.63) is 52.4 Å². The van der Waals surface area contributed by atoms with Crippen LogP contribution in [-0.2, 0) is 33.8 Å². The van der Waals surface area contributed by atoms with E-state index in [1.807, 2.05) is 37.3 Å². The van der Waals surface area contributed by atoms with E-state index in [9.17, 15) is 9.59 Å². The Labute approximate surface area is 198 Å². The molecule has 1 fully saturated rings. The highest BCUT2D eigenvalue weighted by Gasteiger charge is 2.38. The Morgan fingerprint density at radius 2 is 2.00 bits per heavy atom. The number of aromatic nitrogens is 2. The number of halogens is 1. The van der Waals surface area contributed by atoms with E-state index in [2.05, 4.69) is 20.2 Å². The zero-order valence-electron chi connectivity index (χ0n) is 18.8. The van der Waals surface area contributed by atoms with Crippen molar-refractivity contribution in [2.75, 3.05) is 31.6 Å². The van der Waals surface area contributed by atoms with Crippen molar-refractivity contribution < 1.29 is 19.1 Å². The number of fused-ring (bicyclic) bond motifs is 1. The lowest BCUT2D eigenvalue weighted by molar-refractivity contribution is -0.141. The molecule has 1 aromatic carbocycles. The van der Waals surface area contributed by atoms with Crippen LogP contribution in [0.25, 0.3) is 0 Å². The van der Waals surface area contributed by atoms with E-state index in [0.29, 0.717) is 19.6 Å². The number of esters is 1. The van der Waals surface area contributed by atoms with Crippen molar-refractivity contribution in [3.8, 4) is 0 Å². The predicted octanol–water partition coefficient (Wildman–Crippen LogP) is 2.55. The van der Waals surface area contributed by atoms with Crippen LogP contribution in [0.15, 0.2) is 30.3 Å². The number of hydrogen-bond acceptors (Lipinski definition) is 8. The van der Waals surface area contributed by atoms with Crippen molar-refractivity contribution in [3.63, 3.8) is 0 Å². The molecule has 1 amide bonds. The molecule has 4 rings (SSSR count). The van der Waals surface area contributed by atoms with Crippen LogP contribution in [-0.4, -0.2) is 65.8 Å². The molecule has 3 heterocycles. The minimum absolute atomic E-state index is 0.111. The highest BCUT2D eigenvalue weighted by Crippen LogP contribution is 2.31. The molecule has 0 bridgehead atoms.